The summed E-state index contributed by atoms with van der Waals surface area (Å²) in [6.45, 7) is 19.5. The average molecular weight is 429 g/mol. The number of anilines is 1. The smallest absolute Gasteiger partial charge is 0.0417 e. The summed E-state index contributed by atoms with van der Waals surface area (Å²) >= 11 is 0. The highest BCUT2D eigenvalue weighted by Crippen LogP contribution is 2.28. The van der Waals surface area contributed by atoms with Crippen molar-refractivity contribution >= 4 is 17.5 Å². The van der Waals surface area contributed by atoms with Gasteiger partial charge in [0.05, 0.1) is 0 Å². The molecule has 0 fully saturated rings. The van der Waals surface area contributed by atoms with E-state index in [-0.39, 0.29) is 0 Å². The number of benzene rings is 1. The summed E-state index contributed by atoms with van der Waals surface area (Å²) < 4.78 is 0. The number of unbranched alkanes of at least 4 members (excludes halogenated alkanes) is 5. The van der Waals surface area contributed by atoms with Crippen LogP contribution in [0.5, 0.6) is 0 Å². The average Bonchev–Trinajstić information content (AvgIpc) is 2.76. The molecule has 0 saturated heterocycles. The van der Waals surface area contributed by atoms with Gasteiger partial charge in [0.2, 0.25) is 0 Å². The van der Waals surface area contributed by atoms with Crippen molar-refractivity contribution < 1.29 is 0 Å². The largest absolute Gasteiger partial charge is 0.388 e. The minimum absolute atomic E-state index is 0.904. The summed E-state index contributed by atoms with van der Waals surface area (Å²) in [5, 5.41) is 3.19. The second-order valence-electron chi connectivity index (χ2n) is 8.51. The van der Waals surface area contributed by atoms with Gasteiger partial charge in [-0.2, -0.15) is 0 Å². The maximum absolute atomic E-state index is 4.16. The predicted octanol–water partition coefficient (Wildman–Crippen LogP) is 9.51. The maximum Gasteiger partial charge on any atom is 0.0417 e. The molecule has 0 atom stereocenters. The molecule has 0 aliphatic rings. The van der Waals surface area contributed by atoms with Crippen molar-refractivity contribution in [2.75, 3.05) is 19.4 Å². The molecular weight excluding hydrogens is 376 g/mol. The number of rotatable bonds is 11. The molecule has 0 saturated carbocycles. The topological polar surface area (TPSA) is 24.4 Å². The lowest BCUT2D eigenvalue weighted by Crippen LogP contribution is -1.98. The third-order valence-corrected chi connectivity index (χ3v) is 5.04. The van der Waals surface area contributed by atoms with Crippen LogP contribution in [0.2, 0.25) is 0 Å². The number of nitrogens with zero attached hydrogens (tertiary/aromatic N) is 1. The van der Waals surface area contributed by atoms with Crippen LogP contribution in [-0.4, -0.2) is 20.3 Å². The molecule has 0 heterocycles. The first-order chi connectivity index (χ1) is 14.8. The number of hydrogen-bond donors (Lipinski definition) is 1. The molecule has 31 heavy (non-hydrogen) atoms. The van der Waals surface area contributed by atoms with Crippen molar-refractivity contribution in [3.05, 3.63) is 47.6 Å². The second kappa shape index (κ2) is 21.4. The molecule has 0 unspecified atom stereocenters. The fraction of sp³-hybridized carbons (Fsp3) is 0.621. The van der Waals surface area contributed by atoms with Gasteiger partial charge in [0.1, 0.15) is 0 Å². The van der Waals surface area contributed by atoms with Crippen LogP contribution in [0.3, 0.4) is 0 Å². The Balaban J connectivity index is 0. The first-order valence-electron chi connectivity index (χ1n) is 12.4. The molecule has 0 aliphatic carbocycles. The van der Waals surface area contributed by atoms with Crippen LogP contribution in [0, 0.1) is 12.8 Å². The minimum atomic E-state index is 0.904. The Morgan fingerprint density at radius 1 is 1.03 bits per heavy atom. The van der Waals surface area contributed by atoms with Gasteiger partial charge in [-0.25, -0.2) is 0 Å². The zero-order chi connectivity index (χ0) is 24.1. The van der Waals surface area contributed by atoms with E-state index in [0.29, 0.717) is 0 Å². The van der Waals surface area contributed by atoms with Gasteiger partial charge in [0.25, 0.3) is 0 Å². The SMILES string of the molecule is C=C(/C(C=NC)=C/C)c1cc(C)ccc1NC.CCCCC.CCCCCCC(C)C. The minimum Gasteiger partial charge on any atom is -0.388 e. The Morgan fingerprint density at radius 3 is 2.06 bits per heavy atom. The first kappa shape index (κ1) is 31.4. The van der Waals surface area contributed by atoms with Crippen LogP contribution in [0.15, 0.2) is 41.4 Å². The van der Waals surface area contributed by atoms with Crippen LogP contribution in [0.4, 0.5) is 5.69 Å². The Bertz CT molecular complexity index is 622. The molecular formula is C29H52N2. The van der Waals surface area contributed by atoms with Gasteiger partial charge in [-0.3, -0.25) is 4.99 Å². The summed E-state index contributed by atoms with van der Waals surface area (Å²) in [6, 6.07) is 6.30. The maximum atomic E-state index is 4.16. The van der Waals surface area contributed by atoms with E-state index in [1.165, 1.54) is 56.9 Å². The molecule has 0 amide bonds. The van der Waals surface area contributed by atoms with E-state index in [4.69, 9.17) is 0 Å². The van der Waals surface area contributed by atoms with Crippen LogP contribution in [0.1, 0.15) is 104 Å². The van der Waals surface area contributed by atoms with Crippen molar-refractivity contribution in [2.45, 2.75) is 99.8 Å². The van der Waals surface area contributed by atoms with Crippen LogP contribution in [0.25, 0.3) is 5.57 Å². The van der Waals surface area contributed by atoms with E-state index >= 15 is 0 Å². The molecule has 1 aromatic rings. The van der Waals surface area contributed by atoms with Crippen LogP contribution >= 0.6 is 0 Å². The second-order valence-corrected chi connectivity index (χ2v) is 8.51. The Morgan fingerprint density at radius 2 is 1.65 bits per heavy atom. The quantitative estimate of drug-likeness (QED) is 0.212. The molecule has 1 aromatic carbocycles. The Hall–Kier alpha value is -1.83. The van der Waals surface area contributed by atoms with Crippen molar-refractivity contribution in [1.82, 2.24) is 0 Å². The van der Waals surface area contributed by atoms with Gasteiger partial charge in [-0.15, -0.1) is 0 Å². The van der Waals surface area contributed by atoms with Crippen LogP contribution < -0.4 is 5.32 Å². The fourth-order valence-corrected chi connectivity index (χ4v) is 3.08. The van der Waals surface area contributed by atoms with Gasteiger partial charge < -0.3 is 5.32 Å². The lowest BCUT2D eigenvalue weighted by atomic mass is 9.96. The third kappa shape index (κ3) is 16.5. The normalized spacial score (nSPS) is 11.0. The number of aryl methyl sites for hydroxylation is 1. The lowest BCUT2D eigenvalue weighted by Gasteiger charge is -2.13. The van der Waals surface area contributed by atoms with Crippen molar-refractivity contribution in [3.63, 3.8) is 0 Å². The highest BCUT2D eigenvalue weighted by Gasteiger charge is 2.08. The van der Waals surface area contributed by atoms with E-state index < -0.39 is 0 Å². The molecule has 178 valence electrons. The van der Waals surface area contributed by atoms with Gasteiger partial charge in [0.15, 0.2) is 0 Å². The monoisotopic (exact) mass is 428 g/mol. The zero-order valence-corrected chi connectivity index (χ0v) is 22.3. The number of nitrogens with one attached hydrogen (secondary N) is 1. The van der Waals surface area contributed by atoms with Gasteiger partial charge in [-0.05, 0) is 43.0 Å². The van der Waals surface area contributed by atoms with Crippen LogP contribution in [-0.2, 0) is 0 Å². The van der Waals surface area contributed by atoms with Gasteiger partial charge >= 0.3 is 0 Å². The Kier molecular flexibility index (Phi) is 21.7. The molecule has 0 radical (unpaired) electrons. The number of allylic oxidation sites excluding steroid dienone is 3. The van der Waals surface area contributed by atoms with Crippen molar-refractivity contribution in [1.29, 1.82) is 0 Å². The summed E-state index contributed by atoms with van der Waals surface area (Å²) in [5.41, 5.74) is 5.48. The van der Waals surface area contributed by atoms with E-state index in [0.717, 1.165) is 28.3 Å². The third-order valence-electron chi connectivity index (χ3n) is 5.04. The number of aliphatic imine (C=N–C) groups is 1. The predicted molar refractivity (Wildman–Crippen MR) is 147 cm³/mol. The summed E-state index contributed by atoms with van der Waals surface area (Å²) in [7, 11) is 3.69. The summed E-state index contributed by atoms with van der Waals surface area (Å²) in [6.07, 6.45) is 15.0. The van der Waals surface area contributed by atoms with Gasteiger partial charge in [0, 0.05) is 31.6 Å². The van der Waals surface area contributed by atoms with Gasteiger partial charge in [-0.1, -0.05) is 110 Å². The number of hydrogen-bond acceptors (Lipinski definition) is 2. The molecule has 0 aliphatic heterocycles. The van der Waals surface area contributed by atoms with Crippen molar-refractivity contribution in [3.8, 4) is 0 Å². The first-order valence-corrected chi connectivity index (χ1v) is 12.4. The highest BCUT2D eigenvalue weighted by atomic mass is 14.8. The molecule has 1 rings (SSSR count). The Labute approximate surface area is 195 Å². The van der Waals surface area contributed by atoms with E-state index in [9.17, 15) is 0 Å². The van der Waals surface area contributed by atoms with E-state index in [2.05, 4.69) is 76.6 Å². The fourth-order valence-electron chi connectivity index (χ4n) is 3.08. The highest BCUT2D eigenvalue weighted by molar-refractivity contribution is 6.02. The van der Waals surface area contributed by atoms with E-state index in [1.807, 2.05) is 26.3 Å². The molecule has 0 bridgehead atoms. The molecule has 2 heteroatoms. The molecule has 1 N–H and O–H groups in total. The molecule has 2 nitrogen and oxygen atoms in total. The lowest BCUT2D eigenvalue weighted by molar-refractivity contribution is 0.525. The summed E-state index contributed by atoms with van der Waals surface area (Å²) in [4.78, 5) is 4.06. The zero-order valence-electron chi connectivity index (χ0n) is 22.3. The van der Waals surface area contributed by atoms with E-state index in [1.54, 1.807) is 7.05 Å². The summed E-state index contributed by atoms with van der Waals surface area (Å²) in [5.74, 6) is 0.904. The molecule has 0 spiro atoms. The van der Waals surface area contributed by atoms with Crippen molar-refractivity contribution in [2.24, 2.45) is 10.9 Å². The molecule has 0 aromatic heterocycles. The standard InChI is InChI=1S/C15H20N2.C9H20.C5H12/c1-6-13(10-16-4)12(3)14-9-11(2)7-8-15(14)17-5;1-4-5-6-7-8-9(2)3;1-3-5-4-2/h6-10,17H,3H2,1-2,4-5H3;9H,4-8H2,1-3H3;3-5H2,1-2H3/b13-6+,16-10?;;.